The number of benzene rings is 1. The zero-order chi connectivity index (χ0) is 20.6. The second-order valence-electron chi connectivity index (χ2n) is 7.34. The Kier molecular flexibility index (Phi) is 7.05. The summed E-state index contributed by atoms with van der Waals surface area (Å²) >= 11 is 0. The molecule has 1 fully saturated rings. The monoisotopic (exact) mass is 398 g/mol. The number of rotatable bonds is 7. The Balaban J connectivity index is 1.56. The molecule has 0 aromatic heterocycles. The van der Waals surface area contributed by atoms with Gasteiger partial charge in [-0.05, 0) is 37.2 Å². The van der Waals surface area contributed by atoms with Gasteiger partial charge in [-0.25, -0.2) is 9.59 Å². The van der Waals surface area contributed by atoms with Crippen LogP contribution in [0.2, 0.25) is 0 Å². The summed E-state index contributed by atoms with van der Waals surface area (Å²) in [5, 5.41) is 12.1. The minimum atomic E-state index is -1.07. The summed E-state index contributed by atoms with van der Waals surface area (Å²) in [5.41, 5.74) is 0.863. The molecule has 154 valence electrons. The molecule has 0 saturated carbocycles. The molecule has 3 rings (SSSR count). The van der Waals surface area contributed by atoms with E-state index < -0.39 is 30.1 Å². The zero-order valence-electron chi connectivity index (χ0n) is 16.2. The summed E-state index contributed by atoms with van der Waals surface area (Å²) in [5.74, 6) is -1.45. The first-order valence-corrected chi connectivity index (χ1v) is 9.88. The van der Waals surface area contributed by atoms with Crippen LogP contribution in [0.4, 0.5) is 4.79 Å². The predicted molar refractivity (Wildman–Crippen MR) is 107 cm³/mol. The lowest BCUT2D eigenvalue weighted by Gasteiger charge is -2.26. The fourth-order valence-corrected chi connectivity index (χ4v) is 3.66. The number of nitrogens with zero attached hydrogens (tertiary/aromatic N) is 1. The first kappa shape index (κ1) is 20.6. The lowest BCUT2D eigenvalue weighted by molar-refractivity contribution is -0.142. The number of hydrogen-bond acceptors (Lipinski definition) is 4. The van der Waals surface area contributed by atoms with Crippen LogP contribution in [0.5, 0.6) is 0 Å². The third-order valence-corrected chi connectivity index (χ3v) is 5.22. The van der Waals surface area contributed by atoms with Gasteiger partial charge in [-0.1, -0.05) is 54.6 Å². The van der Waals surface area contributed by atoms with Crippen molar-refractivity contribution in [3.63, 3.8) is 0 Å². The number of carbonyl (C=O) groups excluding carboxylic acids is 2. The van der Waals surface area contributed by atoms with Crippen molar-refractivity contribution in [3.05, 3.63) is 60.2 Å². The van der Waals surface area contributed by atoms with Gasteiger partial charge in [0.15, 0.2) is 0 Å². The Morgan fingerprint density at radius 2 is 2.00 bits per heavy atom. The van der Waals surface area contributed by atoms with Crippen LogP contribution >= 0.6 is 0 Å². The van der Waals surface area contributed by atoms with Crippen LogP contribution in [0.1, 0.15) is 31.2 Å². The molecule has 7 heteroatoms. The summed E-state index contributed by atoms with van der Waals surface area (Å²) < 4.78 is 5.34. The van der Waals surface area contributed by atoms with E-state index >= 15 is 0 Å². The Bertz CT molecular complexity index is 790. The number of ether oxygens (including phenoxy) is 1. The Hall–Kier alpha value is -3.09. The van der Waals surface area contributed by atoms with Crippen LogP contribution in [0.3, 0.4) is 0 Å². The first-order chi connectivity index (χ1) is 14.0. The van der Waals surface area contributed by atoms with Gasteiger partial charge in [0.2, 0.25) is 5.91 Å². The van der Waals surface area contributed by atoms with Crippen molar-refractivity contribution in [1.29, 1.82) is 0 Å². The van der Waals surface area contributed by atoms with Gasteiger partial charge in [-0.3, -0.25) is 9.69 Å². The number of aliphatic carboxylic acids is 1. The second kappa shape index (κ2) is 9.91. The van der Waals surface area contributed by atoms with Gasteiger partial charge in [0.1, 0.15) is 18.7 Å². The minimum Gasteiger partial charge on any atom is -0.480 e. The number of carboxylic acid groups (broad SMARTS) is 1. The number of hydrogen-bond donors (Lipinski definition) is 2. The van der Waals surface area contributed by atoms with Gasteiger partial charge in [-0.2, -0.15) is 0 Å². The number of nitrogens with one attached hydrogen (secondary N) is 1. The second-order valence-corrected chi connectivity index (χ2v) is 7.34. The number of amides is 2. The Labute approximate surface area is 170 Å². The highest BCUT2D eigenvalue weighted by atomic mass is 16.6. The highest BCUT2D eigenvalue weighted by Gasteiger charge is 2.37. The van der Waals surface area contributed by atoms with E-state index in [0.29, 0.717) is 25.8 Å². The van der Waals surface area contributed by atoms with Crippen LogP contribution < -0.4 is 5.32 Å². The van der Waals surface area contributed by atoms with Crippen molar-refractivity contribution >= 4 is 18.0 Å². The molecule has 1 heterocycles. The maximum absolute atomic E-state index is 12.7. The van der Waals surface area contributed by atoms with Crippen molar-refractivity contribution < 1.29 is 24.2 Å². The zero-order valence-corrected chi connectivity index (χ0v) is 16.2. The summed E-state index contributed by atoms with van der Waals surface area (Å²) in [6, 6.07) is 7.61. The maximum atomic E-state index is 12.7. The molecule has 1 aromatic rings. The van der Waals surface area contributed by atoms with Gasteiger partial charge >= 0.3 is 12.1 Å². The molecule has 29 heavy (non-hydrogen) atoms. The summed E-state index contributed by atoms with van der Waals surface area (Å²) in [6.45, 7) is 0.545. The largest absolute Gasteiger partial charge is 0.480 e. The van der Waals surface area contributed by atoms with E-state index in [2.05, 4.69) is 5.32 Å². The van der Waals surface area contributed by atoms with Crippen molar-refractivity contribution in [2.45, 2.75) is 44.4 Å². The van der Waals surface area contributed by atoms with Gasteiger partial charge in [-0.15, -0.1) is 0 Å². The summed E-state index contributed by atoms with van der Waals surface area (Å²) in [7, 11) is 0. The molecular weight excluding hydrogens is 372 g/mol. The highest BCUT2D eigenvalue weighted by Crippen LogP contribution is 2.21. The van der Waals surface area contributed by atoms with E-state index in [0.717, 1.165) is 12.0 Å². The maximum Gasteiger partial charge on any atom is 0.410 e. The minimum absolute atomic E-state index is 0.0666. The standard InChI is InChI=1S/C22H26N2O5/c25-20(23-18(21(26)27)14-16-8-3-1-4-9-16)19-12-7-13-24(19)22(28)29-15-17-10-5-2-6-11-17/h1-6,8,10-11,16,18-19H,7,9,12-15H2,(H,23,25)(H,26,27)/t16?,18-,19-/m0/s1. The Morgan fingerprint density at radius 3 is 2.69 bits per heavy atom. The van der Waals surface area contributed by atoms with Gasteiger partial charge in [0.25, 0.3) is 0 Å². The quantitative estimate of drug-likeness (QED) is 0.736. The molecule has 0 bridgehead atoms. The lowest BCUT2D eigenvalue weighted by atomic mass is 9.93. The number of carboxylic acids is 1. The third-order valence-electron chi connectivity index (χ3n) is 5.22. The molecule has 7 nitrogen and oxygen atoms in total. The highest BCUT2D eigenvalue weighted by molar-refractivity contribution is 5.89. The van der Waals surface area contributed by atoms with Crippen molar-refractivity contribution in [2.75, 3.05) is 6.54 Å². The molecule has 1 unspecified atom stereocenters. The molecular formula is C22H26N2O5. The molecule has 0 radical (unpaired) electrons. The SMILES string of the molecule is O=C(O)[C@H](CC1C=CC=CC1)NC(=O)[C@@H]1CCCN1C(=O)OCc1ccccc1. The average molecular weight is 398 g/mol. The van der Waals surface area contributed by atoms with Crippen LogP contribution in [0.15, 0.2) is 54.6 Å². The molecule has 2 amide bonds. The van der Waals surface area contributed by atoms with E-state index in [9.17, 15) is 19.5 Å². The van der Waals surface area contributed by atoms with E-state index in [1.807, 2.05) is 54.6 Å². The van der Waals surface area contributed by atoms with Crippen molar-refractivity contribution in [2.24, 2.45) is 5.92 Å². The Morgan fingerprint density at radius 1 is 1.21 bits per heavy atom. The molecule has 0 spiro atoms. The normalized spacial score (nSPS) is 21.6. The summed E-state index contributed by atoms with van der Waals surface area (Å²) in [4.78, 5) is 38.2. The molecule has 2 N–H and O–H groups in total. The topological polar surface area (TPSA) is 95.9 Å². The molecule has 1 aliphatic carbocycles. The molecule has 3 atom stereocenters. The number of allylic oxidation sites excluding steroid dienone is 4. The predicted octanol–water partition coefficient (Wildman–Crippen LogP) is 2.88. The average Bonchev–Trinajstić information content (AvgIpc) is 3.23. The van der Waals surface area contributed by atoms with E-state index in [1.165, 1.54) is 4.90 Å². The molecule has 2 aliphatic rings. The van der Waals surface area contributed by atoms with Crippen LogP contribution in [-0.2, 0) is 20.9 Å². The van der Waals surface area contributed by atoms with Crippen LogP contribution in [-0.4, -0.2) is 46.6 Å². The van der Waals surface area contributed by atoms with Gasteiger partial charge in [0.05, 0.1) is 0 Å². The molecule has 1 saturated heterocycles. The van der Waals surface area contributed by atoms with E-state index in [-0.39, 0.29) is 12.5 Å². The number of carbonyl (C=O) groups is 3. The van der Waals surface area contributed by atoms with Gasteiger partial charge < -0.3 is 15.2 Å². The fourth-order valence-electron chi connectivity index (χ4n) is 3.66. The van der Waals surface area contributed by atoms with E-state index in [1.54, 1.807) is 0 Å². The molecule has 1 aromatic carbocycles. The van der Waals surface area contributed by atoms with Crippen molar-refractivity contribution in [3.8, 4) is 0 Å². The first-order valence-electron chi connectivity index (χ1n) is 9.88. The lowest BCUT2D eigenvalue weighted by Crippen LogP contribution is -2.51. The van der Waals surface area contributed by atoms with E-state index in [4.69, 9.17) is 4.74 Å². The van der Waals surface area contributed by atoms with Gasteiger partial charge in [0, 0.05) is 6.54 Å². The summed E-state index contributed by atoms with van der Waals surface area (Å²) in [6.07, 6.45) is 9.40. The third kappa shape index (κ3) is 5.70. The van der Waals surface area contributed by atoms with Crippen LogP contribution in [0, 0.1) is 5.92 Å². The van der Waals surface area contributed by atoms with Crippen LogP contribution in [0.25, 0.3) is 0 Å². The van der Waals surface area contributed by atoms with Crippen molar-refractivity contribution in [1.82, 2.24) is 10.2 Å². The fraction of sp³-hybridized carbons (Fsp3) is 0.409. The molecule has 1 aliphatic heterocycles. The number of likely N-dealkylation sites (tertiary alicyclic amines) is 1. The smallest absolute Gasteiger partial charge is 0.410 e.